The lowest BCUT2D eigenvalue weighted by Crippen LogP contribution is -2.61. The molecule has 6 rings (SSSR count). The topological polar surface area (TPSA) is 626 Å². The Bertz CT molecular complexity index is 4130. The monoisotopic (exact) mass is 1620 g/mol. The number of para-hydroxylation sites is 1. The second-order valence-electron chi connectivity index (χ2n) is 28.6. The number of nitrogens with one attached hydrogen (secondary N) is 16. The first-order chi connectivity index (χ1) is 55.5. The average molecular weight is 1620 g/mol. The summed E-state index contributed by atoms with van der Waals surface area (Å²) < 4.78 is 0. The number of H-pyrrole nitrogens is 2. The van der Waals surface area contributed by atoms with Crippen molar-refractivity contribution < 1.29 is 87.5 Å². The molecule has 0 aliphatic carbocycles. The van der Waals surface area contributed by atoms with E-state index in [2.05, 4.69) is 84.1 Å². The summed E-state index contributed by atoms with van der Waals surface area (Å²) in [5.41, 5.74) is 19.4. The van der Waals surface area contributed by atoms with Crippen molar-refractivity contribution in [3.63, 3.8) is 0 Å². The van der Waals surface area contributed by atoms with Crippen LogP contribution in [0.15, 0.2) is 97.6 Å². The molecule has 3 aromatic carbocycles. The Morgan fingerprint density at radius 2 is 1.09 bits per heavy atom. The predicted molar refractivity (Wildman–Crippen MR) is 423 cm³/mol. The van der Waals surface area contributed by atoms with Crippen LogP contribution in [0.5, 0.6) is 5.75 Å². The minimum Gasteiger partial charge on any atom is -0.508 e. The van der Waals surface area contributed by atoms with Crippen LogP contribution in [-0.4, -0.2) is 248 Å². The van der Waals surface area contributed by atoms with E-state index in [4.69, 9.17) is 22.6 Å². The zero-order chi connectivity index (χ0) is 85.0. The summed E-state index contributed by atoms with van der Waals surface area (Å²) >= 11 is 0. The Morgan fingerprint density at radius 3 is 1.63 bits per heavy atom. The zero-order valence-corrected chi connectivity index (χ0v) is 65.4. The van der Waals surface area contributed by atoms with Crippen LogP contribution in [0.3, 0.4) is 0 Å². The summed E-state index contributed by atoms with van der Waals surface area (Å²) in [4.78, 5) is 208. The highest BCUT2D eigenvalue weighted by Crippen LogP contribution is 2.23. The number of aromatic hydroxyl groups is 1. The van der Waals surface area contributed by atoms with Gasteiger partial charge in [-0.15, -0.1) is 0 Å². The Labute approximate surface area is 670 Å². The number of carboxylic acid groups (broad SMARTS) is 1. The number of primary amides is 1. The number of phenolic OH excluding ortho intramolecular Hbond substituents is 1. The molecule has 39 heteroatoms. The number of carboxylic acids is 1. The van der Waals surface area contributed by atoms with Gasteiger partial charge in [-0.2, -0.15) is 0 Å². The second-order valence-corrected chi connectivity index (χ2v) is 28.6. The minimum atomic E-state index is -1.77. The first-order valence-corrected chi connectivity index (χ1v) is 38.6. The molecule has 1 fully saturated rings. The number of likely N-dealkylation sites (N-methyl/N-ethyl adjacent to an activating group) is 1. The van der Waals surface area contributed by atoms with Crippen LogP contribution in [0.2, 0.25) is 0 Å². The number of aromatic amines is 2. The molecule has 12 atom stereocenters. The molecule has 1 saturated heterocycles. The van der Waals surface area contributed by atoms with Crippen LogP contribution in [0, 0.1) is 11.3 Å². The maximum atomic E-state index is 15.2. The van der Waals surface area contributed by atoms with Gasteiger partial charge in [-0.25, -0.2) is 4.98 Å². The van der Waals surface area contributed by atoms with Crippen LogP contribution in [-0.2, 0) is 92.8 Å². The molecular weight excluding hydrogens is 1510 g/mol. The molecule has 116 heavy (non-hydrogen) atoms. The average Bonchev–Trinajstić information content (AvgIpc) is 1.65. The molecule has 2 aromatic heterocycles. The molecule has 5 aromatic rings. The molecule has 1 aliphatic heterocycles. The van der Waals surface area contributed by atoms with E-state index in [1.54, 1.807) is 81.6 Å². The van der Waals surface area contributed by atoms with Gasteiger partial charge in [-0.05, 0) is 112 Å². The molecule has 13 amide bonds. The van der Waals surface area contributed by atoms with Crippen molar-refractivity contribution in [1.29, 1.82) is 5.41 Å². The molecule has 0 bridgehead atoms. The summed E-state index contributed by atoms with van der Waals surface area (Å²) in [6.07, 6.45) is 4.01. The smallest absolute Gasteiger partial charge is 0.303 e. The second kappa shape index (κ2) is 47.6. The van der Waals surface area contributed by atoms with Crippen LogP contribution in [0.25, 0.3) is 10.9 Å². The molecule has 1 aliphatic rings. The van der Waals surface area contributed by atoms with Gasteiger partial charge in [0.15, 0.2) is 5.96 Å². The lowest BCUT2D eigenvalue weighted by molar-refractivity contribution is -0.142. The van der Waals surface area contributed by atoms with Gasteiger partial charge in [0, 0.05) is 74.2 Å². The number of imidazole rings is 1. The molecular formula is C77H111N21O18. The third-order valence-electron chi connectivity index (χ3n) is 19.4. The van der Waals surface area contributed by atoms with E-state index in [-0.39, 0.29) is 101 Å². The largest absolute Gasteiger partial charge is 0.508 e. The van der Waals surface area contributed by atoms with Crippen LogP contribution in [0.1, 0.15) is 120 Å². The molecule has 3 heterocycles. The van der Waals surface area contributed by atoms with Crippen molar-refractivity contribution in [3.8, 4) is 5.75 Å². The number of aliphatic hydroxyl groups excluding tert-OH is 2. The number of phenols is 1. The summed E-state index contributed by atoms with van der Waals surface area (Å²) in [6, 6.07) is 3.88. The molecule has 0 spiro atoms. The Balaban J connectivity index is 1.25. The Kier molecular flexibility index (Phi) is 38.0. The molecule has 39 nitrogen and oxygen atoms in total. The fourth-order valence-corrected chi connectivity index (χ4v) is 13.0. The number of aromatic nitrogens is 3. The Hall–Kier alpha value is -12.1. The first kappa shape index (κ1) is 92.8. The van der Waals surface area contributed by atoms with Crippen LogP contribution < -0.4 is 86.3 Å². The van der Waals surface area contributed by atoms with Crippen molar-refractivity contribution >= 4 is 99.6 Å². The van der Waals surface area contributed by atoms with E-state index in [0.717, 1.165) is 0 Å². The van der Waals surface area contributed by atoms with E-state index in [9.17, 15) is 73.2 Å². The van der Waals surface area contributed by atoms with Crippen molar-refractivity contribution in [3.05, 3.63) is 120 Å². The Morgan fingerprint density at radius 1 is 0.569 bits per heavy atom. The maximum Gasteiger partial charge on any atom is 0.303 e. The number of carbonyl (C=O) groups excluding carboxylic acids is 13. The van der Waals surface area contributed by atoms with Gasteiger partial charge >= 0.3 is 5.97 Å². The van der Waals surface area contributed by atoms with E-state index < -0.39 is 194 Å². The highest BCUT2D eigenvalue weighted by atomic mass is 16.4. The first-order valence-electron chi connectivity index (χ1n) is 38.6. The molecule has 0 radical (unpaired) electrons. The van der Waals surface area contributed by atoms with Gasteiger partial charge in [-0.1, -0.05) is 94.3 Å². The van der Waals surface area contributed by atoms with Gasteiger partial charge in [-0.3, -0.25) is 72.5 Å². The summed E-state index contributed by atoms with van der Waals surface area (Å²) in [5.74, 6) is -13.9. The number of carbonyl (C=O) groups is 14. The van der Waals surface area contributed by atoms with E-state index in [1.807, 2.05) is 0 Å². The maximum absolute atomic E-state index is 15.2. The van der Waals surface area contributed by atoms with E-state index in [1.165, 1.54) is 48.7 Å². The normalized spacial score (nSPS) is 15.3. The molecule has 26 N–H and O–H groups in total. The fourth-order valence-electron chi connectivity index (χ4n) is 13.0. The number of amides is 13. The predicted octanol–water partition coefficient (Wildman–Crippen LogP) is -4.02. The molecule has 12 unspecified atom stereocenters. The number of hydrogen-bond acceptors (Lipinski definition) is 21. The summed E-state index contributed by atoms with van der Waals surface area (Å²) in [7, 11) is 1.40. The summed E-state index contributed by atoms with van der Waals surface area (Å²) in [6.45, 7) is 3.18. The van der Waals surface area contributed by atoms with Gasteiger partial charge in [0.2, 0.25) is 76.8 Å². The highest BCUT2D eigenvalue weighted by Gasteiger charge is 2.41. The number of likely N-dealkylation sites (tertiary alicyclic amines) is 1. The SMILES string of the molecule is CCCCC(NC(=O)C(CO)NC(=O)C(Cc1ccc(O)cc1)NC(=O)C(CO)NC)C(=O)NC(CCC(=O)O)C(=O)NC(Cc1cnc[nH]1)C(=O)NC(Cc1ccccc1)C(=O)NC(CCCNC(=N)N)C(=O)NC(Cc1c[nH]c2ccccc12)C(=O)NCC(=O)NC(CCCCN)C(=O)N1CCCC1C(=O)NC(C(N)=O)C(C)C. The molecule has 0 saturated carbocycles. The van der Waals surface area contributed by atoms with Gasteiger partial charge < -0.3 is 122 Å². The van der Waals surface area contributed by atoms with Gasteiger partial charge in [0.05, 0.1) is 26.1 Å². The number of aliphatic hydroxyl groups is 2. The lowest BCUT2D eigenvalue weighted by atomic mass is 10.0. The van der Waals surface area contributed by atoms with Crippen molar-refractivity contribution in [2.45, 2.75) is 196 Å². The number of benzene rings is 3. The van der Waals surface area contributed by atoms with E-state index >= 15 is 14.4 Å². The van der Waals surface area contributed by atoms with Crippen LogP contribution in [0.4, 0.5) is 0 Å². The third kappa shape index (κ3) is 29.7. The number of guanidine groups is 1. The standard InChI is InChI=1S/C77H111N21O18/c1-5-6-19-51(90-74(114)60(41-100)96-71(111)56(93-73(113)59(40-99)82-4)34-45-24-26-48(101)27-25-45)67(107)91-53(28-29-63(103)104)69(109)95-58(36-47-38-83-42-87-47)72(112)92-55(33-44-16-8-7-9-17-44)70(110)89-52(22-14-31-84-77(80)81)68(108)94-57(35-46-37-85-50-20-11-10-18-49(46)50)66(106)86-39-62(102)88-54(21-12-13-30-78)76(116)98-32-15-23-61(98)75(115)97-64(43(2)3)65(79)105/h7-11,16-18,20,24-27,37-38,42-43,51-61,64,82,85,99-101H,5-6,12-15,19,21-23,28-36,39-41,78H2,1-4H3,(H2,79,105)(H,83,87)(H,86,106)(H,88,102)(H,89,110)(H,90,114)(H,91,107)(H,92,112)(H,93,113)(H,94,108)(H,95,109)(H,96,111)(H,97,115)(H,103,104)(H4,80,81,84). The number of nitrogens with zero attached hydrogens (tertiary/aromatic N) is 2. The van der Waals surface area contributed by atoms with Crippen molar-refractivity contribution in [2.75, 3.05) is 46.4 Å². The van der Waals surface area contributed by atoms with Gasteiger partial charge in [0.25, 0.3) is 0 Å². The number of fused-ring (bicyclic) bond motifs is 1. The lowest BCUT2D eigenvalue weighted by Gasteiger charge is -2.30. The quantitative estimate of drug-likeness (QED) is 0.0100. The fraction of sp³-hybridized carbons (Fsp3) is 0.506. The number of rotatable bonds is 50. The molecule has 632 valence electrons. The van der Waals surface area contributed by atoms with Crippen LogP contribution >= 0.6 is 0 Å². The van der Waals surface area contributed by atoms with Gasteiger partial charge in [0.1, 0.15) is 78.3 Å². The zero-order valence-electron chi connectivity index (χ0n) is 65.4. The third-order valence-corrected chi connectivity index (χ3v) is 19.4. The van der Waals surface area contributed by atoms with E-state index in [0.29, 0.717) is 53.3 Å². The van der Waals surface area contributed by atoms with Crippen molar-refractivity contribution in [1.82, 2.24) is 89.0 Å². The summed E-state index contributed by atoms with van der Waals surface area (Å²) in [5, 5.41) is 82.4. The number of unbranched alkanes of at least 4 members (excludes halogenated alkanes) is 2. The number of nitrogens with two attached hydrogens (primary N) is 3. The number of hydrogen-bond donors (Lipinski definition) is 23. The highest BCUT2D eigenvalue weighted by molar-refractivity contribution is 6.00. The number of aliphatic carboxylic acids is 1. The van der Waals surface area contributed by atoms with Crippen molar-refractivity contribution in [2.24, 2.45) is 23.1 Å². The minimum absolute atomic E-state index is 0.00321.